The Kier molecular flexibility index (Phi) is 5.07. The second-order valence-electron chi connectivity index (χ2n) is 11.7. The maximum atomic E-state index is 13.5. The molecule has 6 unspecified atom stereocenters. The number of ether oxygens (including phenoxy) is 1. The first kappa shape index (κ1) is 22.9. The van der Waals surface area contributed by atoms with Crippen LogP contribution in [0.1, 0.15) is 58.8 Å². The number of para-hydroxylation sites is 2. The topological polar surface area (TPSA) is 113 Å². The number of benzene rings is 1. The summed E-state index contributed by atoms with van der Waals surface area (Å²) < 4.78 is 5.71. The molecule has 1 aromatic carbocycles. The molecule has 3 saturated carbocycles. The zero-order valence-electron chi connectivity index (χ0n) is 20.4. The summed E-state index contributed by atoms with van der Waals surface area (Å²) in [7, 11) is 0. The second kappa shape index (κ2) is 7.74. The molecule has 4 aliphatic carbocycles. The number of aliphatic hydroxyl groups is 2. The first-order valence-corrected chi connectivity index (χ1v) is 12.9. The lowest BCUT2D eigenvalue weighted by molar-refractivity contribution is -0.181. The van der Waals surface area contributed by atoms with Gasteiger partial charge in [-0.2, -0.15) is 4.98 Å². The number of fused-ring (bicyclic) bond motifs is 6. The molecule has 0 saturated heterocycles. The molecule has 0 spiro atoms. The summed E-state index contributed by atoms with van der Waals surface area (Å²) in [4.78, 5) is 33.0. The van der Waals surface area contributed by atoms with Crippen LogP contribution in [0.25, 0.3) is 11.0 Å². The number of allylic oxidation sites excluding steroid dienone is 1. The van der Waals surface area contributed by atoms with Crippen LogP contribution in [-0.2, 0) is 9.59 Å². The summed E-state index contributed by atoms with van der Waals surface area (Å²) in [6.07, 6.45) is 5.74. The summed E-state index contributed by atoms with van der Waals surface area (Å²) in [5.74, 6) is 0.262. The number of rotatable bonds is 4. The molecule has 2 aromatic rings. The van der Waals surface area contributed by atoms with E-state index in [1.54, 1.807) is 0 Å². The minimum atomic E-state index is -1.55. The fraction of sp³-hybridized carbons (Fsp3) is 0.607. The van der Waals surface area contributed by atoms with Crippen LogP contribution >= 0.6 is 0 Å². The van der Waals surface area contributed by atoms with Gasteiger partial charge in [-0.3, -0.25) is 9.59 Å². The molecule has 4 aliphatic rings. The predicted octanol–water partition coefficient (Wildman–Crippen LogP) is 3.74. The molecule has 0 aliphatic heterocycles. The second-order valence-corrected chi connectivity index (χ2v) is 11.7. The van der Waals surface area contributed by atoms with Crippen molar-refractivity contribution in [3.05, 3.63) is 35.9 Å². The number of aliphatic hydroxyl groups excluding tert-OH is 1. The van der Waals surface area contributed by atoms with Crippen molar-refractivity contribution >= 4 is 22.6 Å². The molecule has 0 bridgehead atoms. The van der Waals surface area contributed by atoms with Gasteiger partial charge in [-0.05, 0) is 79.9 Å². The van der Waals surface area contributed by atoms with Crippen molar-refractivity contribution in [2.24, 2.45) is 28.6 Å². The molecule has 7 heteroatoms. The van der Waals surface area contributed by atoms with Crippen LogP contribution in [0, 0.1) is 28.6 Å². The fourth-order valence-corrected chi connectivity index (χ4v) is 8.40. The Morgan fingerprint density at radius 3 is 2.80 bits per heavy atom. The van der Waals surface area contributed by atoms with Crippen molar-refractivity contribution in [3.8, 4) is 6.01 Å². The van der Waals surface area contributed by atoms with Crippen molar-refractivity contribution in [3.63, 3.8) is 0 Å². The van der Waals surface area contributed by atoms with E-state index in [0.29, 0.717) is 19.3 Å². The maximum Gasteiger partial charge on any atom is 0.295 e. The molecule has 0 radical (unpaired) electrons. The summed E-state index contributed by atoms with van der Waals surface area (Å²) in [6, 6.07) is 7.80. The zero-order valence-corrected chi connectivity index (χ0v) is 20.4. The van der Waals surface area contributed by atoms with E-state index >= 15 is 0 Å². The van der Waals surface area contributed by atoms with E-state index in [0.717, 1.165) is 36.7 Å². The molecule has 1 heterocycles. The lowest BCUT2D eigenvalue weighted by Gasteiger charge is -2.60. The molecule has 3 fully saturated rings. The number of hydrogen-bond acceptors (Lipinski definition) is 6. The van der Waals surface area contributed by atoms with Gasteiger partial charge in [-0.25, -0.2) is 0 Å². The van der Waals surface area contributed by atoms with E-state index in [9.17, 15) is 19.8 Å². The molecular formula is C28H34N2O5. The van der Waals surface area contributed by atoms with Crippen LogP contribution in [0.2, 0.25) is 0 Å². The van der Waals surface area contributed by atoms with Crippen LogP contribution in [0.5, 0.6) is 6.01 Å². The lowest BCUT2D eigenvalue weighted by Crippen LogP contribution is -2.62. The smallest absolute Gasteiger partial charge is 0.295 e. The number of nitrogens with one attached hydrogen (secondary N) is 1. The standard InChI is InChI=1S/C28H34N2O5/c1-26-11-9-17(31)13-16(26)7-8-18-19-10-12-28(34,27(19,2)14-22(32)24(18)26)23(33)15-35-25-29-20-5-3-4-6-21(20)30-25/h3-6,13,18-19,22,24,32,34H,7-12,14-15H2,1-2H3,(H,29,30)/t18?,19?,22?,24?,26?,27?,28-/m0/s1. The Morgan fingerprint density at radius 1 is 1.20 bits per heavy atom. The van der Waals surface area contributed by atoms with Gasteiger partial charge in [0.05, 0.1) is 17.1 Å². The van der Waals surface area contributed by atoms with Gasteiger partial charge in [0, 0.05) is 11.8 Å². The minimum absolute atomic E-state index is 0.0536. The van der Waals surface area contributed by atoms with Gasteiger partial charge in [0.15, 0.2) is 12.4 Å². The monoisotopic (exact) mass is 478 g/mol. The highest BCUT2D eigenvalue weighted by molar-refractivity contribution is 5.92. The molecular weight excluding hydrogens is 444 g/mol. The maximum absolute atomic E-state index is 13.5. The number of H-pyrrole nitrogens is 1. The molecule has 1 aromatic heterocycles. The molecule has 0 amide bonds. The Labute approximate surface area is 205 Å². The van der Waals surface area contributed by atoms with Gasteiger partial charge in [0.25, 0.3) is 6.01 Å². The van der Waals surface area contributed by atoms with E-state index in [-0.39, 0.29) is 47.4 Å². The highest BCUT2D eigenvalue weighted by atomic mass is 16.5. The number of aromatic amines is 1. The van der Waals surface area contributed by atoms with Crippen molar-refractivity contribution in [2.75, 3.05) is 6.61 Å². The van der Waals surface area contributed by atoms with Crippen LogP contribution in [0.3, 0.4) is 0 Å². The largest absolute Gasteiger partial charge is 0.457 e. The summed E-state index contributed by atoms with van der Waals surface area (Å²) in [5.41, 5.74) is 0.311. The van der Waals surface area contributed by atoms with E-state index in [2.05, 4.69) is 16.9 Å². The van der Waals surface area contributed by atoms with Gasteiger partial charge in [-0.15, -0.1) is 0 Å². The molecule has 35 heavy (non-hydrogen) atoms. The summed E-state index contributed by atoms with van der Waals surface area (Å²) in [6.45, 7) is 3.93. The van der Waals surface area contributed by atoms with E-state index < -0.39 is 17.1 Å². The highest BCUT2D eigenvalue weighted by Crippen LogP contribution is 2.67. The van der Waals surface area contributed by atoms with Gasteiger partial charge < -0.3 is 19.9 Å². The minimum Gasteiger partial charge on any atom is -0.457 e. The van der Waals surface area contributed by atoms with Gasteiger partial charge in [-0.1, -0.05) is 31.6 Å². The van der Waals surface area contributed by atoms with Gasteiger partial charge in [0.1, 0.15) is 5.60 Å². The normalized spacial score (nSPS) is 40.6. The van der Waals surface area contributed by atoms with E-state index in [1.165, 1.54) is 5.57 Å². The van der Waals surface area contributed by atoms with Crippen LogP contribution < -0.4 is 4.74 Å². The molecule has 186 valence electrons. The predicted molar refractivity (Wildman–Crippen MR) is 130 cm³/mol. The number of carbonyl (C=O) groups is 2. The van der Waals surface area contributed by atoms with Crippen molar-refractivity contribution in [2.45, 2.75) is 70.5 Å². The zero-order chi connectivity index (χ0) is 24.6. The average molecular weight is 479 g/mol. The molecule has 7 atom stereocenters. The molecule has 6 rings (SSSR count). The SMILES string of the molecule is CC12CCC(=O)C=C1CCC1C2C(O)CC2(C)C1CC[C@]2(O)C(=O)COc1nc2ccccc2[nH]1. The first-order valence-electron chi connectivity index (χ1n) is 12.9. The van der Waals surface area contributed by atoms with Crippen LogP contribution in [-0.4, -0.2) is 50.1 Å². The number of carbonyl (C=O) groups excluding carboxylic acids is 2. The number of Topliss-reactive ketones (excluding diaryl/α,β-unsaturated/α-hetero) is 1. The van der Waals surface area contributed by atoms with Crippen molar-refractivity contribution in [1.82, 2.24) is 9.97 Å². The molecule has 7 nitrogen and oxygen atoms in total. The highest BCUT2D eigenvalue weighted by Gasteiger charge is 2.68. The third kappa shape index (κ3) is 3.20. The van der Waals surface area contributed by atoms with Crippen LogP contribution in [0.15, 0.2) is 35.9 Å². The van der Waals surface area contributed by atoms with Crippen molar-refractivity contribution in [1.29, 1.82) is 0 Å². The number of ketones is 2. The summed E-state index contributed by atoms with van der Waals surface area (Å²) in [5, 5.41) is 23.4. The van der Waals surface area contributed by atoms with E-state index in [1.807, 2.05) is 37.3 Å². The summed E-state index contributed by atoms with van der Waals surface area (Å²) >= 11 is 0. The Bertz CT molecular complexity index is 1200. The molecule has 3 N–H and O–H groups in total. The average Bonchev–Trinajstić information content (AvgIpc) is 3.36. The van der Waals surface area contributed by atoms with Gasteiger partial charge in [0.2, 0.25) is 5.78 Å². The fourth-order valence-electron chi connectivity index (χ4n) is 8.40. The van der Waals surface area contributed by atoms with E-state index in [4.69, 9.17) is 4.74 Å². The van der Waals surface area contributed by atoms with Gasteiger partial charge >= 0.3 is 0 Å². The number of nitrogens with zero attached hydrogens (tertiary/aromatic N) is 1. The Morgan fingerprint density at radius 2 is 2.00 bits per heavy atom. The Balaban J connectivity index is 1.24. The number of aromatic nitrogens is 2. The third-order valence-corrected chi connectivity index (χ3v) is 10.2. The van der Waals surface area contributed by atoms with Crippen molar-refractivity contribution < 1.29 is 24.5 Å². The lowest BCUT2D eigenvalue weighted by atomic mass is 9.45. The first-order chi connectivity index (χ1) is 16.7. The number of imidazole rings is 1. The quantitative estimate of drug-likeness (QED) is 0.617. The Hall–Kier alpha value is -2.51. The number of hydrogen-bond donors (Lipinski definition) is 3. The van der Waals surface area contributed by atoms with Crippen LogP contribution in [0.4, 0.5) is 0 Å². The third-order valence-electron chi connectivity index (χ3n) is 10.2.